The van der Waals surface area contributed by atoms with Crippen LogP contribution in [0.4, 0.5) is 22.0 Å². The molecular formula is C22H25F5N4O2. The number of alkyl halides is 3. The van der Waals surface area contributed by atoms with E-state index in [0.717, 1.165) is 23.4 Å². The lowest BCUT2D eigenvalue weighted by Crippen LogP contribution is -2.38. The van der Waals surface area contributed by atoms with E-state index < -0.39 is 35.5 Å². The highest BCUT2D eigenvalue weighted by atomic mass is 19.4. The van der Waals surface area contributed by atoms with E-state index in [2.05, 4.69) is 10.2 Å². The molecule has 1 saturated heterocycles. The van der Waals surface area contributed by atoms with Gasteiger partial charge in [0.25, 0.3) is 0 Å². The summed E-state index contributed by atoms with van der Waals surface area (Å²) in [6, 6.07) is 1.73. The smallest absolute Gasteiger partial charge is 0.372 e. The Bertz CT molecular complexity index is 1030. The number of hydrogen-bond donors (Lipinski definition) is 2. The van der Waals surface area contributed by atoms with Crippen LogP contribution in [0.1, 0.15) is 66.4 Å². The molecule has 0 bridgehead atoms. The third-order valence-corrected chi connectivity index (χ3v) is 6.59. The monoisotopic (exact) mass is 472 g/mol. The van der Waals surface area contributed by atoms with E-state index in [4.69, 9.17) is 0 Å². The highest BCUT2D eigenvalue weighted by Gasteiger charge is 2.41. The van der Waals surface area contributed by atoms with E-state index in [-0.39, 0.29) is 37.4 Å². The first-order valence-electron chi connectivity index (χ1n) is 10.9. The van der Waals surface area contributed by atoms with Gasteiger partial charge in [0, 0.05) is 31.6 Å². The molecule has 180 valence electrons. The number of nitrogens with one attached hydrogen (secondary N) is 1. The summed E-state index contributed by atoms with van der Waals surface area (Å²) in [7, 11) is 0. The largest absolute Gasteiger partial charge is 0.419 e. The van der Waals surface area contributed by atoms with Gasteiger partial charge in [0.1, 0.15) is 5.69 Å². The van der Waals surface area contributed by atoms with E-state index in [1.165, 1.54) is 0 Å². The van der Waals surface area contributed by atoms with Crippen LogP contribution in [0.25, 0.3) is 0 Å². The van der Waals surface area contributed by atoms with E-state index >= 15 is 0 Å². The Labute approximate surface area is 187 Å². The number of fused-ring (bicyclic) bond motifs is 1. The van der Waals surface area contributed by atoms with Gasteiger partial charge in [-0.2, -0.15) is 18.3 Å². The second-order valence-electron chi connectivity index (χ2n) is 8.49. The summed E-state index contributed by atoms with van der Waals surface area (Å²) in [6.45, 7) is 3.24. The van der Waals surface area contributed by atoms with Crippen LogP contribution in [0.3, 0.4) is 0 Å². The summed E-state index contributed by atoms with van der Waals surface area (Å²) in [6.07, 6.45) is -4.61. The maximum Gasteiger partial charge on any atom is 0.419 e. The molecule has 33 heavy (non-hydrogen) atoms. The molecule has 0 radical (unpaired) electrons. The van der Waals surface area contributed by atoms with Crippen molar-refractivity contribution in [2.45, 2.75) is 57.5 Å². The highest BCUT2D eigenvalue weighted by molar-refractivity contribution is 5.76. The number of halogens is 5. The van der Waals surface area contributed by atoms with Crippen LogP contribution in [0.15, 0.2) is 12.1 Å². The number of aliphatic hydroxyl groups is 1. The number of H-pyrrole nitrogens is 1. The summed E-state index contributed by atoms with van der Waals surface area (Å²) in [5, 5.41) is 18.0. The van der Waals surface area contributed by atoms with E-state index in [1.54, 1.807) is 16.7 Å². The van der Waals surface area contributed by atoms with Gasteiger partial charge in [-0.25, -0.2) is 8.78 Å². The van der Waals surface area contributed by atoms with Crippen LogP contribution in [-0.4, -0.2) is 50.6 Å². The minimum Gasteiger partial charge on any atom is -0.372 e. The molecule has 2 aromatic rings. The fraction of sp³-hybridized carbons (Fsp3) is 0.545. The average Bonchev–Trinajstić information content (AvgIpc) is 3.22. The van der Waals surface area contributed by atoms with Crippen molar-refractivity contribution < 1.29 is 31.9 Å². The summed E-state index contributed by atoms with van der Waals surface area (Å²) in [5.41, 5.74) is 0.270. The number of piperidine rings is 1. The van der Waals surface area contributed by atoms with Crippen molar-refractivity contribution in [1.82, 2.24) is 20.0 Å². The van der Waals surface area contributed by atoms with Gasteiger partial charge in [0.15, 0.2) is 17.9 Å². The molecule has 2 aliphatic heterocycles. The predicted octanol–water partition coefficient (Wildman–Crippen LogP) is 3.87. The van der Waals surface area contributed by atoms with Crippen LogP contribution in [0, 0.1) is 11.6 Å². The Morgan fingerprint density at radius 3 is 2.58 bits per heavy atom. The van der Waals surface area contributed by atoms with Gasteiger partial charge in [-0.3, -0.25) is 14.8 Å². The third kappa shape index (κ3) is 4.48. The second-order valence-corrected chi connectivity index (χ2v) is 8.49. The number of hydrogen-bond acceptors (Lipinski definition) is 4. The van der Waals surface area contributed by atoms with Gasteiger partial charge >= 0.3 is 6.18 Å². The number of amides is 1. The first-order valence-corrected chi connectivity index (χ1v) is 10.9. The number of carbonyl (C=O) groups excluding carboxylic acids is 1. The first-order chi connectivity index (χ1) is 15.6. The Balaban J connectivity index is 1.47. The zero-order chi connectivity index (χ0) is 23.9. The normalized spacial score (nSPS) is 18.9. The van der Waals surface area contributed by atoms with Crippen LogP contribution in [0.5, 0.6) is 0 Å². The van der Waals surface area contributed by atoms with E-state index in [1.807, 2.05) is 0 Å². The van der Waals surface area contributed by atoms with Crippen molar-refractivity contribution in [3.05, 3.63) is 51.8 Å². The Kier molecular flexibility index (Phi) is 6.45. The fourth-order valence-corrected chi connectivity index (χ4v) is 4.82. The molecule has 2 N–H and O–H groups in total. The summed E-state index contributed by atoms with van der Waals surface area (Å²) < 4.78 is 67.6. The van der Waals surface area contributed by atoms with Crippen molar-refractivity contribution in [2.24, 2.45) is 0 Å². The van der Waals surface area contributed by atoms with Crippen LogP contribution >= 0.6 is 0 Å². The number of likely N-dealkylation sites (tertiary alicyclic amines) is 1. The lowest BCUT2D eigenvalue weighted by Gasteiger charge is -2.36. The Morgan fingerprint density at radius 2 is 1.94 bits per heavy atom. The number of nitrogens with zero attached hydrogens (tertiary/aromatic N) is 3. The number of aromatic amines is 1. The van der Waals surface area contributed by atoms with Gasteiger partial charge in [0.2, 0.25) is 5.91 Å². The summed E-state index contributed by atoms with van der Waals surface area (Å²) in [5.74, 6) is -3.97. The molecule has 6 nitrogen and oxygen atoms in total. The highest BCUT2D eigenvalue weighted by Crippen LogP contribution is 2.41. The molecule has 4 rings (SSSR count). The summed E-state index contributed by atoms with van der Waals surface area (Å²) in [4.78, 5) is 15.4. The first kappa shape index (κ1) is 23.6. The molecule has 1 aromatic heterocycles. The topological polar surface area (TPSA) is 72.5 Å². The zero-order valence-electron chi connectivity index (χ0n) is 18.1. The van der Waals surface area contributed by atoms with Gasteiger partial charge in [0.05, 0.1) is 17.8 Å². The lowest BCUT2D eigenvalue weighted by molar-refractivity contribution is -0.141. The number of rotatable bonds is 4. The quantitative estimate of drug-likeness (QED) is 0.663. The van der Waals surface area contributed by atoms with Crippen molar-refractivity contribution in [1.29, 1.82) is 0 Å². The molecular weight excluding hydrogens is 447 g/mol. The molecule has 1 aromatic carbocycles. The zero-order valence-corrected chi connectivity index (χ0v) is 18.1. The fourth-order valence-electron chi connectivity index (χ4n) is 4.82. The number of benzene rings is 1. The molecule has 2 aliphatic rings. The Hall–Kier alpha value is -2.53. The number of aliphatic hydroxyl groups excluding tert-OH is 1. The van der Waals surface area contributed by atoms with E-state index in [0.29, 0.717) is 31.6 Å². The molecule has 0 saturated carbocycles. The molecule has 1 fully saturated rings. The van der Waals surface area contributed by atoms with Gasteiger partial charge in [-0.05, 0) is 36.8 Å². The van der Waals surface area contributed by atoms with E-state index in [9.17, 15) is 31.9 Å². The minimum absolute atomic E-state index is 0.0369. The van der Waals surface area contributed by atoms with Gasteiger partial charge < -0.3 is 10.0 Å². The number of aromatic nitrogens is 2. The van der Waals surface area contributed by atoms with Gasteiger partial charge in [-0.1, -0.05) is 13.0 Å². The maximum atomic E-state index is 14.0. The average molecular weight is 472 g/mol. The molecule has 3 heterocycles. The molecule has 0 spiro atoms. The van der Waals surface area contributed by atoms with Gasteiger partial charge in [-0.15, -0.1) is 0 Å². The summed E-state index contributed by atoms with van der Waals surface area (Å²) >= 11 is 0. The molecule has 1 amide bonds. The molecule has 1 unspecified atom stereocenters. The predicted molar refractivity (Wildman–Crippen MR) is 108 cm³/mol. The maximum absolute atomic E-state index is 14.0. The Morgan fingerprint density at radius 1 is 1.24 bits per heavy atom. The molecule has 1 atom stereocenters. The van der Waals surface area contributed by atoms with Crippen molar-refractivity contribution in [2.75, 3.05) is 19.6 Å². The minimum atomic E-state index is -5.00. The van der Waals surface area contributed by atoms with Crippen LogP contribution in [0.2, 0.25) is 0 Å². The van der Waals surface area contributed by atoms with Crippen molar-refractivity contribution in [3.63, 3.8) is 0 Å². The standard InChI is InChI=1S/C22H25F5N4O2/c1-2-17(32)31-10-7-14-16(11-31)28-29-20(14)21(33)30-8-5-12(6-9-30)13-3-4-15(23)19(24)18(13)22(25,26)27/h3-4,12,21,33H,2,5-11H2,1H3,(H,28,29). The van der Waals surface area contributed by atoms with Crippen LogP contribution in [-0.2, 0) is 23.9 Å². The van der Waals surface area contributed by atoms with Crippen molar-refractivity contribution in [3.8, 4) is 0 Å². The van der Waals surface area contributed by atoms with Crippen molar-refractivity contribution >= 4 is 5.91 Å². The third-order valence-electron chi connectivity index (χ3n) is 6.59. The van der Waals surface area contributed by atoms with Crippen LogP contribution < -0.4 is 0 Å². The second kappa shape index (κ2) is 9.02. The SMILES string of the molecule is CCC(=O)N1CCc2c(C(O)N3CCC(c4ccc(F)c(F)c4C(F)(F)F)CC3)n[nH]c2C1. The molecule has 0 aliphatic carbocycles. The lowest BCUT2D eigenvalue weighted by atomic mass is 9.85. The molecule has 11 heteroatoms. The number of carbonyl (C=O) groups is 1.